The number of hydrogen-bond donors (Lipinski definition) is 0. The maximum atomic E-state index is 11.0. The Morgan fingerprint density at radius 1 is 1.53 bits per heavy atom. The highest BCUT2D eigenvalue weighted by Gasteiger charge is 2.01. The van der Waals surface area contributed by atoms with Crippen LogP contribution in [0.25, 0.3) is 0 Å². The van der Waals surface area contributed by atoms with Crippen molar-refractivity contribution in [1.29, 1.82) is 5.26 Å². The number of rotatable bonds is 5. The Morgan fingerprint density at radius 3 is 3.00 bits per heavy atom. The fourth-order valence-corrected chi connectivity index (χ4v) is 1.39. The molecule has 0 heterocycles. The van der Waals surface area contributed by atoms with Crippen LogP contribution in [-0.4, -0.2) is 12.4 Å². The first kappa shape index (κ1) is 11.7. The quantitative estimate of drug-likeness (QED) is 0.824. The molecular weight excluding hydrogens is 258 g/mol. The predicted molar refractivity (Wildman–Crippen MR) is 59.5 cm³/mol. The average Bonchev–Trinajstić information content (AvgIpc) is 2.18. The van der Waals surface area contributed by atoms with Crippen LogP contribution in [0, 0.1) is 11.3 Å². The third-order valence-electron chi connectivity index (χ3n) is 1.72. The standard InChI is InChI=1S/C11H10BrNO2/c12-9-2-1-3-11(8-9)15-7-5-10(14)4-6-13/h1-3,8H,4-5,7H2. The summed E-state index contributed by atoms with van der Waals surface area (Å²) in [5.41, 5.74) is 0. The van der Waals surface area contributed by atoms with E-state index in [0.717, 1.165) is 4.47 Å². The van der Waals surface area contributed by atoms with Crippen LogP contribution in [0.1, 0.15) is 12.8 Å². The van der Waals surface area contributed by atoms with Crippen molar-refractivity contribution in [2.24, 2.45) is 0 Å². The summed E-state index contributed by atoms with van der Waals surface area (Å²) in [6.07, 6.45) is 0.238. The lowest BCUT2D eigenvalue weighted by Gasteiger charge is -2.04. The fraction of sp³-hybridized carbons (Fsp3) is 0.273. The normalized spacial score (nSPS) is 9.33. The maximum absolute atomic E-state index is 11.0. The zero-order valence-electron chi connectivity index (χ0n) is 8.07. The van der Waals surface area contributed by atoms with E-state index in [0.29, 0.717) is 12.4 Å². The molecule has 0 spiro atoms. The predicted octanol–water partition coefficient (Wildman–Crippen LogP) is 2.70. The number of carbonyl (C=O) groups excluding carboxylic acids is 1. The number of nitriles is 1. The van der Waals surface area contributed by atoms with Gasteiger partial charge in [0.05, 0.1) is 19.1 Å². The van der Waals surface area contributed by atoms with Gasteiger partial charge in [0.15, 0.2) is 0 Å². The number of halogens is 1. The van der Waals surface area contributed by atoms with Crippen molar-refractivity contribution in [3.8, 4) is 11.8 Å². The summed E-state index contributed by atoms with van der Waals surface area (Å²) in [4.78, 5) is 11.0. The topological polar surface area (TPSA) is 50.1 Å². The van der Waals surface area contributed by atoms with Crippen LogP contribution in [0.3, 0.4) is 0 Å². The van der Waals surface area contributed by atoms with Gasteiger partial charge in [0.2, 0.25) is 0 Å². The van der Waals surface area contributed by atoms with E-state index >= 15 is 0 Å². The molecule has 0 radical (unpaired) electrons. The Balaban J connectivity index is 2.32. The fourth-order valence-electron chi connectivity index (χ4n) is 1.02. The molecule has 0 atom stereocenters. The van der Waals surface area contributed by atoms with Crippen molar-refractivity contribution in [1.82, 2.24) is 0 Å². The minimum Gasteiger partial charge on any atom is -0.493 e. The Hall–Kier alpha value is -1.34. The number of ether oxygens (including phenoxy) is 1. The highest BCUT2D eigenvalue weighted by Crippen LogP contribution is 2.17. The van der Waals surface area contributed by atoms with Crippen LogP contribution in [0.4, 0.5) is 0 Å². The van der Waals surface area contributed by atoms with Gasteiger partial charge >= 0.3 is 0 Å². The molecule has 3 nitrogen and oxygen atoms in total. The monoisotopic (exact) mass is 267 g/mol. The van der Waals surface area contributed by atoms with Crippen molar-refractivity contribution in [3.05, 3.63) is 28.7 Å². The molecule has 0 N–H and O–H groups in total. The van der Waals surface area contributed by atoms with Gasteiger partial charge in [-0.05, 0) is 18.2 Å². The first-order valence-electron chi connectivity index (χ1n) is 4.49. The molecule has 0 aliphatic rings. The Labute approximate surface area is 96.8 Å². The SMILES string of the molecule is N#CCC(=O)CCOc1cccc(Br)c1. The van der Waals surface area contributed by atoms with E-state index in [1.165, 1.54) is 0 Å². The third kappa shape index (κ3) is 4.61. The molecule has 1 aromatic rings. The highest BCUT2D eigenvalue weighted by molar-refractivity contribution is 9.10. The number of nitrogens with zero attached hydrogens (tertiary/aromatic N) is 1. The molecule has 4 heteroatoms. The Morgan fingerprint density at radius 2 is 2.33 bits per heavy atom. The molecule has 0 unspecified atom stereocenters. The molecule has 0 bridgehead atoms. The van der Waals surface area contributed by atoms with E-state index in [1.54, 1.807) is 0 Å². The number of hydrogen-bond acceptors (Lipinski definition) is 3. The van der Waals surface area contributed by atoms with Gasteiger partial charge in [0.25, 0.3) is 0 Å². The molecule has 0 saturated heterocycles. The van der Waals surface area contributed by atoms with E-state index < -0.39 is 0 Å². The second kappa shape index (κ2) is 6.20. The first-order valence-corrected chi connectivity index (χ1v) is 5.28. The van der Waals surface area contributed by atoms with Crippen LogP contribution < -0.4 is 4.74 Å². The number of Topliss-reactive ketones (excluding diaryl/α,β-unsaturated/α-hetero) is 1. The van der Waals surface area contributed by atoms with Crippen LogP contribution in [0.5, 0.6) is 5.75 Å². The highest BCUT2D eigenvalue weighted by atomic mass is 79.9. The van der Waals surface area contributed by atoms with Crippen molar-refractivity contribution in [2.45, 2.75) is 12.8 Å². The molecule has 0 aliphatic heterocycles. The second-order valence-corrected chi connectivity index (χ2v) is 3.85. The van der Waals surface area contributed by atoms with Crippen molar-refractivity contribution >= 4 is 21.7 Å². The van der Waals surface area contributed by atoms with Crippen LogP contribution in [-0.2, 0) is 4.79 Å². The van der Waals surface area contributed by atoms with Gasteiger partial charge in [0, 0.05) is 10.9 Å². The van der Waals surface area contributed by atoms with E-state index in [4.69, 9.17) is 10.00 Å². The summed E-state index contributed by atoms with van der Waals surface area (Å²) in [7, 11) is 0. The average molecular weight is 268 g/mol. The number of ketones is 1. The molecule has 0 amide bonds. The maximum Gasteiger partial charge on any atom is 0.150 e. The summed E-state index contributed by atoms with van der Waals surface area (Å²) >= 11 is 3.32. The molecule has 1 aromatic carbocycles. The van der Waals surface area contributed by atoms with Crippen LogP contribution in [0.15, 0.2) is 28.7 Å². The van der Waals surface area contributed by atoms with E-state index in [1.807, 2.05) is 30.3 Å². The summed E-state index contributed by atoms with van der Waals surface area (Å²) < 4.78 is 6.28. The van der Waals surface area contributed by atoms with Crippen molar-refractivity contribution in [3.63, 3.8) is 0 Å². The minimum absolute atomic E-state index is 0.0398. The lowest BCUT2D eigenvalue weighted by Crippen LogP contribution is -2.05. The number of carbonyl (C=O) groups is 1. The Bertz CT molecular complexity index is 384. The van der Waals surface area contributed by atoms with E-state index in [9.17, 15) is 4.79 Å². The number of benzene rings is 1. The van der Waals surface area contributed by atoms with Crippen molar-refractivity contribution in [2.75, 3.05) is 6.61 Å². The molecule has 0 aliphatic carbocycles. The summed E-state index contributed by atoms with van der Waals surface area (Å²) in [6.45, 7) is 0.316. The van der Waals surface area contributed by atoms with E-state index in [-0.39, 0.29) is 18.6 Å². The Kier molecular flexibility index (Phi) is 4.85. The summed E-state index contributed by atoms with van der Waals surface area (Å²) in [5.74, 6) is 0.627. The van der Waals surface area contributed by atoms with Gasteiger partial charge < -0.3 is 4.74 Å². The van der Waals surface area contributed by atoms with Gasteiger partial charge in [-0.25, -0.2) is 0 Å². The molecule has 78 valence electrons. The van der Waals surface area contributed by atoms with Crippen LogP contribution >= 0.6 is 15.9 Å². The third-order valence-corrected chi connectivity index (χ3v) is 2.22. The first-order chi connectivity index (χ1) is 7.22. The molecule has 0 aromatic heterocycles. The van der Waals surface area contributed by atoms with E-state index in [2.05, 4.69) is 15.9 Å². The molecule has 1 rings (SSSR count). The lowest BCUT2D eigenvalue weighted by atomic mass is 10.2. The molecule has 0 fully saturated rings. The minimum atomic E-state index is -0.0903. The van der Waals surface area contributed by atoms with Gasteiger partial charge in [-0.1, -0.05) is 22.0 Å². The largest absolute Gasteiger partial charge is 0.493 e. The molecule has 0 saturated carbocycles. The zero-order chi connectivity index (χ0) is 11.1. The zero-order valence-corrected chi connectivity index (χ0v) is 9.66. The summed E-state index contributed by atoms with van der Waals surface area (Å²) in [5, 5.41) is 8.27. The van der Waals surface area contributed by atoms with Gasteiger partial charge in [0.1, 0.15) is 11.5 Å². The van der Waals surface area contributed by atoms with Gasteiger partial charge in [-0.2, -0.15) is 5.26 Å². The summed E-state index contributed by atoms with van der Waals surface area (Å²) in [6, 6.07) is 9.21. The van der Waals surface area contributed by atoms with Gasteiger partial charge in [-0.15, -0.1) is 0 Å². The lowest BCUT2D eigenvalue weighted by molar-refractivity contribution is -0.118. The smallest absolute Gasteiger partial charge is 0.150 e. The van der Waals surface area contributed by atoms with Crippen LogP contribution in [0.2, 0.25) is 0 Å². The molecule has 15 heavy (non-hydrogen) atoms. The molecular formula is C11H10BrNO2. The van der Waals surface area contributed by atoms with Gasteiger partial charge in [-0.3, -0.25) is 4.79 Å². The second-order valence-electron chi connectivity index (χ2n) is 2.93. The van der Waals surface area contributed by atoms with Crippen molar-refractivity contribution < 1.29 is 9.53 Å².